The highest BCUT2D eigenvalue weighted by molar-refractivity contribution is 6.42. The van der Waals surface area contributed by atoms with Crippen molar-refractivity contribution in [2.45, 2.75) is 26.8 Å². The van der Waals surface area contributed by atoms with E-state index in [0.717, 1.165) is 12.1 Å². The Morgan fingerprint density at radius 2 is 1.70 bits per heavy atom. The first-order valence-corrected chi connectivity index (χ1v) is 7.54. The van der Waals surface area contributed by atoms with Crippen molar-refractivity contribution in [3.05, 3.63) is 68.7 Å². The van der Waals surface area contributed by atoms with Gasteiger partial charge >= 0.3 is 0 Å². The molecule has 2 aromatic rings. The Labute approximate surface area is 130 Å². The maximum Gasteiger partial charge on any atom is 0.0643 e. The van der Waals surface area contributed by atoms with Crippen LogP contribution in [0.5, 0.6) is 0 Å². The van der Waals surface area contributed by atoms with Gasteiger partial charge in [0, 0.05) is 0 Å². The summed E-state index contributed by atoms with van der Waals surface area (Å²) >= 11 is 12.5. The highest BCUT2D eigenvalue weighted by Gasteiger charge is 2.17. The summed E-state index contributed by atoms with van der Waals surface area (Å²) in [5.74, 6) is 0. The van der Waals surface area contributed by atoms with Gasteiger partial charge < -0.3 is 5.32 Å². The monoisotopic (exact) mass is 307 g/mol. The molecule has 0 radical (unpaired) electrons. The fourth-order valence-electron chi connectivity index (χ4n) is 2.53. The van der Waals surface area contributed by atoms with E-state index in [1.165, 1.54) is 16.7 Å². The van der Waals surface area contributed by atoms with Crippen LogP contribution in [0.1, 0.15) is 35.2 Å². The van der Waals surface area contributed by atoms with Crippen molar-refractivity contribution in [3.8, 4) is 0 Å². The van der Waals surface area contributed by atoms with E-state index in [2.05, 4.69) is 44.3 Å². The quantitative estimate of drug-likeness (QED) is 0.807. The third-order valence-electron chi connectivity index (χ3n) is 3.28. The van der Waals surface area contributed by atoms with Crippen molar-refractivity contribution in [1.29, 1.82) is 0 Å². The second kappa shape index (κ2) is 6.62. The summed E-state index contributed by atoms with van der Waals surface area (Å²) in [4.78, 5) is 0. The van der Waals surface area contributed by atoms with E-state index in [4.69, 9.17) is 23.2 Å². The summed E-state index contributed by atoms with van der Waals surface area (Å²) in [5, 5.41) is 4.71. The van der Waals surface area contributed by atoms with Crippen molar-refractivity contribution in [2.75, 3.05) is 6.54 Å². The van der Waals surface area contributed by atoms with Crippen LogP contribution < -0.4 is 5.32 Å². The summed E-state index contributed by atoms with van der Waals surface area (Å²) in [6, 6.07) is 12.4. The SMILES string of the molecule is CCNC(c1cc(C)cc(C)c1)c1cccc(Cl)c1Cl. The minimum absolute atomic E-state index is 0.0600. The van der Waals surface area contributed by atoms with Crippen molar-refractivity contribution in [3.63, 3.8) is 0 Å². The number of nitrogens with one attached hydrogen (secondary N) is 1. The molecule has 0 spiro atoms. The molecular formula is C17H19Cl2N. The molecule has 1 N–H and O–H groups in total. The lowest BCUT2D eigenvalue weighted by molar-refractivity contribution is 0.630. The predicted octanol–water partition coefficient (Wildman–Crippen LogP) is 5.31. The van der Waals surface area contributed by atoms with E-state index in [1.807, 2.05) is 18.2 Å². The summed E-state index contributed by atoms with van der Waals surface area (Å²) in [7, 11) is 0. The van der Waals surface area contributed by atoms with Gasteiger partial charge in [0.2, 0.25) is 0 Å². The van der Waals surface area contributed by atoms with E-state index in [9.17, 15) is 0 Å². The highest BCUT2D eigenvalue weighted by atomic mass is 35.5. The lowest BCUT2D eigenvalue weighted by atomic mass is 9.95. The molecule has 106 valence electrons. The summed E-state index contributed by atoms with van der Waals surface area (Å²) in [6.45, 7) is 7.17. The normalized spacial score (nSPS) is 12.4. The molecule has 0 aliphatic rings. The van der Waals surface area contributed by atoms with Crippen LogP contribution in [0, 0.1) is 13.8 Å². The van der Waals surface area contributed by atoms with Gasteiger partial charge in [-0.05, 0) is 37.6 Å². The molecule has 1 atom stereocenters. The Balaban J connectivity index is 2.53. The van der Waals surface area contributed by atoms with E-state index in [-0.39, 0.29) is 6.04 Å². The van der Waals surface area contributed by atoms with E-state index >= 15 is 0 Å². The van der Waals surface area contributed by atoms with Crippen LogP contribution in [-0.2, 0) is 0 Å². The van der Waals surface area contributed by atoms with Crippen molar-refractivity contribution in [1.82, 2.24) is 5.32 Å². The molecule has 2 rings (SSSR count). The summed E-state index contributed by atoms with van der Waals surface area (Å²) < 4.78 is 0. The van der Waals surface area contributed by atoms with Crippen LogP contribution in [0.3, 0.4) is 0 Å². The van der Waals surface area contributed by atoms with Gasteiger partial charge in [-0.3, -0.25) is 0 Å². The zero-order valence-corrected chi connectivity index (χ0v) is 13.5. The van der Waals surface area contributed by atoms with Gasteiger partial charge in [0.15, 0.2) is 0 Å². The van der Waals surface area contributed by atoms with Crippen molar-refractivity contribution in [2.24, 2.45) is 0 Å². The van der Waals surface area contributed by atoms with Gasteiger partial charge in [0.1, 0.15) is 0 Å². The second-order valence-corrected chi connectivity index (χ2v) is 5.84. The Bertz CT molecular complexity index is 588. The number of halogens is 2. The smallest absolute Gasteiger partial charge is 0.0643 e. The molecule has 0 heterocycles. The molecule has 0 aliphatic heterocycles. The third kappa shape index (κ3) is 3.35. The van der Waals surface area contributed by atoms with Gasteiger partial charge in [0.05, 0.1) is 16.1 Å². The van der Waals surface area contributed by atoms with E-state index < -0.39 is 0 Å². The molecule has 0 saturated heterocycles. The number of benzene rings is 2. The van der Waals surface area contributed by atoms with E-state index in [1.54, 1.807) is 0 Å². The molecule has 0 aliphatic carbocycles. The topological polar surface area (TPSA) is 12.0 Å². The maximum atomic E-state index is 6.38. The van der Waals surface area contributed by atoms with Crippen LogP contribution >= 0.6 is 23.2 Å². The summed E-state index contributed by atoms with van der Waals surface area (Å²) in [6.07, 6.45) is 0. The first-order valence-electron chi connectivity index (χ1n) is 6.78. The molecule has 20 heavy (non-hydrogen) atoms. The van der Waals surface area contributed by atoms with Crippen LogP contribution in [-0.4, -0.2) is 6.54 Å². The van der Waals surface area contributed by atoms with Crippen LogP contribution in [0.4, 0.5) is 0 Å². The molecule has 0 amide bonds. The Morgan fingerprint density at radius 3 is 2.30 bits per heavy atom. The van der Waals surface area contributed by atoms with Crippen LogP contribution in [0.2, 0.25) is 10.0 Å². The molecule has 1 unspecified atom stereocenters. The zero-order valence-electron chi connectivity index (χ0n) is 12.0. The maximum absolute atomic E-state index is 6.38. The molecule has 0 bridgehead atoms. The third-order valence-corrected chi connectivity index (χ3v) is 4.11. The lowest BCUT2D eigenvalue weighted by Gasteiger charge is -2.21. The van der Waals surface area contributed by atoms with E-state index in [0.29, 0.717) is 10.0 Å². The molecule has 2 aromatic carbocycles. The molecule has 1 nitrogen and oxygen atoms in total. The number of hydrogen-bond acceptors (Lipinski definition) is 1. The van der Waals surface area contributed by atoms with Gasteiger partial charge in [-0.25, -0.2) is 0 Å². The standard InChI is InChI=1S/C17H19Cl2N/c1-4-20-17(13-9-11(2)8-12(3)10-13)14-6-5-7-15(18)16(14)19/h5-10,17,20H,4H2,1-3H3. The number of aryl methyl sites for hydroxylation is 2. The minimum atomic E-state index is 0.0600. The average Bonchev–Trinajstić information content (AvgIpc) is 2.38. The molecule has 0 saturated carbocycles. The zero-order chi connectivity index (χ0) is 14.7. The Morgan fingerprint density at radius 1 is 1.05 bits per heavy atom. The van der Waals surface area contributed by atoms with Gasteiger partial charge in [-0.15, -0.1) is 0 Å². The largest absolute Gasteiger partial charge is 0.306 e. The fraction of sp³-hybridized carbons (Fsp3) is 0.294. The second-order valence-electron chi connectivity index (χ2n) is 5.05. The fourth-order valence-corrected chi connectivity index (χ4v) is 2.95. The molecule has 0 aromatic heterocycles. The first kappa shape index (κ1) is 15.4. The minimum Gasteiger partial charge on any atom is -0.306 e. The van der Waals surface area contributed by atoms with Gasteiger partial charge in [-0.2, -0.15) is 0 Å². The average molecular weight is 308 g/mol. The Kier molecular flexibility index (Phi) is 5.09. The van der Waals surface area contributed by atoms with Gasteiger partial charge in [-0.1, -0.05) is 71.6 Å². The van der Waals surface area contributed by atoms with Crippen molar-refractivity contribution < 1.29 is 0 Å². The Hall–Kier alpha value is -1.02. The summed E-state index contributed by atoms with van der Waals surface area (Å²) in [5.41, 5.74) is 4.74. The number of rotatable bonds is 4. The molecule has 3 heteroatoms. The predicted molar refractivity (Wildman–Crippen MR) is 87.9 cm³/mol. The van der Waals surface area contributed by atoms with Crippen LogP contribution in [0.15, 0.2) is 36.4 Å². The number of hydrogen-bond donors (Lipinski definition) is 1. The van der Waals surface area contributed by atoms with Crippen LogP contribution in [0.25, 0.3) is 0 Å². The molecule has 0 fully saturated rings. The lowest BCUT2D eigenvalue weighted by Crippen LogP contribution is -2.22. The molecular weight excluding hydrogens is 289 g/mol. The first-order chi connectivity index (χ1) is 9.52. The van der Waals surface area contributed by atoms with Crippen molar-refractivity contribution >= 4 is 23.2 Å². The van der Waals surface area contributed by atoms with Gasteiger partial charge in [0.25, 0.3) is 0 Å². The highest BCUT2D eigenvalue weighted by Crippen LogP contribution is 2.33.